The second-order valence-corrected chi connectivity index (χ2v) is 3.54. The molecular formula is C9H8OS. The van der Waals surface area contributed by atoms with E-state index in [2.05, 4.69) is 6.07 Å². The molecule has 0 saturated carbocycles. The molecule has 11 heavy (non-hydrogen) atoms. The number of thiophene rings is 1. The first-order valence-electron chi connectivity index (χ1n) is 3.44. The minimum Gasteiger partial charge on any atom is -0.508 e. The predicted octanol–water partition coefficient (Wildman–Crippen LogP) is 2.92. The first kappa shape index (κ1) is 6.68. The van der Waals surface area contributed by atoms with E-state index in [-0.39, 0.29) is 0 Å². The number of rotatable bonds is 0. The zero-order valence-corrected chi connectivity index (χ0v) is 6.98. The van der Waals surface area contributed by atoms with Crippen LogP contribution >= 0.6 is 11.3 Å². The van der Waals surface area contributed by atoms with Crippen LogP contribution in [0.5, 0.6) is 5.75 Å². The second-order valence-electron chi connectivity index (χ2n) is 2.60. The molecule has 0 fully saturated rings. The average Bonchev–Trinajstić information content (AvgIpc) is 2.34. The maximum atomic E-state index is 9.24. The average molecular weight is 164 g/mol. The lowest BCUT2D eigenvalue weighted by atomic mass is 10.1. The standard InChI is InChI=1S/C9H8OS/c1-6-4-7(10)5-9-8(6)2-3-11-9/h2-5,10H,1H3. The van der Waals surface area contributed by atoms with Crippen LogP contribution in [-0.4, -0.2) is 5.11 Å². The van der Waals surface area contributed by atoms with Gasteiger partial charge in [0.15, 0.2) is 0 Å². The minimum absolute atomic E-state index is 0.359. The van der Waals surface area contributed by atoms with Crippen LogP contribution < -0.4 is 0 Å². The minimum atomic E-state index is 0.359. The van der Waals surface area contributed by atoms with Gasteiger partial charge in [-0.05, 0) is 41.5 Å². The maximum absolute atomic E-state index is 9.24. The van der Waals surface area contributed by atoms with Gasteiger partial charge in [-0.1, -0.05) is 0 Å². The van der Waals surface area contributed by atoms with E-state index in [0.29, 0.717) is 5.75 Å². The number of hydrogen-bond acceptors (Lipinski definition) is 2. The van der Waals surface area contributed by atoms with Gasteiger partial charge in [-0.3, -0.25) is 0 Å². The molecule has 1 heterocycles. The van der Waals surface area contributed by atoms with Crippen molar-refractivity contribution in [3.8, 4) is 5.75 Å². The van der Waals surface area contributed by atoms with E-state index in [1.165, 1.54) is 5.39 Å². The fourth-order valence-corrected chi connectivity index (χ4v) is 2.13. The molecule has 0 saturated heterocycles. The Balaban J connectivity index is 2.91. The quantitative estimate of drug-likeness (QED) is 0.634. The summed E-state index contributed by atoms with van der Waals surface area (Å²) < 4.78 is 1.16. The smallest absolute Gasteiger partial charge is 0.117 e. The topological polar surface area (TPSA) is 20.2 Å². The van der Waals surface area contributed by atoms with Gasteiger partial charge in [0, 0.05) is 4.70 Å². The Morgan fingerprint density at radius 2 is 2.18 bits per heavy atom. The van der Waals surface area contributed by atoms with Crippen molar-refractivity contribution in [3.05, 3.63) is 29.1 Å². The summed E-state index contributed by atoms with van der Waals surface area (Å²) in [6, 6.07) is 5.66. The molecule has 0 aliphatic heterocycles. The fraction of sp³-hybridized carbons (Fsp3) is 0.111. The summed E-state index contributed by atoms with van der Waals surface area (Å²) in [6.07, 6.45) is 0. The van der Waals surface area contributed by atoms with Crippen LogP contribution in [0.1, 0.15) is 5.56 Å². The summed E-state index contributed by atoms with van der Waals surface area (Å²) in [6.45, 7) is 2.01. The van der Waals surface area contributed by atoms with Crippen molar-refractivity contribution in [2.75, 3.05) is 0 Å². The summed E-state index contributed by atoms with van der Waals surface area (Å²) in [7, 11) is 0. The predicted molar refractivity (Wildman–Crippen MR) is 48.2 cm³/mol. The molecule has 0 amide bonds. The Morgan fingerprint density at radius 1 is 1.36 bits per heavy atom. The van der Waals surface area contributed by atoms with E-state index in [1.807, 2.05) is 12.3 Å². The third-order valence-electron chi connectivity index (χ3n) is 1.76. The molecule has 0 atom stereocenters. The summed E-state index contributed by atoms with van der Waals surface area (Å²) in [5.41, 5.74) is 1.14. The Kier molecular flexibility index (Phi) is 1.36. The van der Waals surface area contributed by atoms with E-state index in [1.54, 1.807) is 23.5 Å². The lowest BCUT2D eigenvalue weighted by Crippen LogP contribution is -1.71. The summed E-state index contributed by atoms with van der Waals surface area (Å²) >= 11 is 1.66. The molecule has 1 aromatic carbocycles. The summed E-state index contributed by atoms with van der Waals surface area (Å²) in [5, 5.41) is 12.5. The highest BCUT2D eigenvalue weighted by atomic mass is 32.1. The number of phenols is 1. The van der Waals surface area contributed by atoms with Crippen LogP contribution in [0.3, 0.4) is 0 Å². The number of benzene rings is 1. The summed E-state index contributed by atoms with van der Waals surface area (Å²) in [5.74, 6) is 0.359. The molecule has 56 valence electrons. The molecule has 0 radical (unpaired) electrons. The number of aromatic hydroxyl groups is 1. The van der Waals surface area contributed by atoms with Crippen molar-refractivity contribution in [3.63, 3.8) is 0 Å². The first-order valence-corrected chi connectivity index (χ1v) is 4.32. The molecule has 0 unspecified atom stereocenters. The zero-order valence-electron chi connectivity index (χ0n) is 6.16. The molecule has 1 N–H and O–H groups in total. The molecule has 0 bridgehead atoms. The van der Waals surface area contributed by atoms with Gasteiger partial charge < -0.3 is 5.11 Å². The third-order valence-corrected chi connectivity index (χ3v) is 2.63. The third kappa shape index (κ3) is 0.994. The van der Waals surface area contributed by atoms with Crippen molar-refractivity contribution < 1.29 is 5.11 Å². The van der Waals surface area contributed by atoms with Crippen molar-refractivity contribution >= 4 is 21.4 Å². The van der Waals surface area contributed by atoms with Crippen molar-refractivity contribution in [1.82, 2.24) is 0 Å². The van der Waals surface area contributed by atoms with Crippen LogP contribution in [0.25, 0.3) is 10.1 Å². The van der Waals surface area contributed by atoms with Gasteiger partial charge in [-0.25, -0.2) is 0 Å². The highest BCUT2D eigenvalue weighted by molar-refractivity contribution is 7.17. The molecule has 2 rings (SSSR count). The fourth-order valence-electron chi connectivity index (χ4n) is 1.23. The van der Waals surface area contributed by atoms with E-state index in [4.69, 9.17) is 0 Å². The number of hydrogen-bond donors (Lipinski definition) is 1. The van der Waals surface area contributed by atoms with Crippen molar-refractivity contribution in [2.24, 2.45) is 0 Å². The van der Waals surface area contributed by atoms with Crippen LogP contribution in [0.4, 0.5) is 0 Å². The molecule has 2 heteroatoms. The molecule has 2 aromatic rings. The zero-order chi connectivity index (χ0) is 7.84. The van der Waals surface area contributed by atoms with Gasteiger partial charge in [-0.15, -0.1) is 11.3 Å². The van der Waals surface area contributed by atoms with Gasteiger partial charge in [0.2, 0.25) is 0 Å². The lowest BCUT2D eigenvalue weighted by molar-refractivity contribution is 0.476. The molecule has 0 aliphatic rings. The van der Waals surface area contributed by atoms with Crippen LogP contribution in [-0.2, 0) is 0 Å². The number of phenolic OH excluding ortho intramolecular Hbond substituents is 1. The molecule has 1 aromatic heterocycles. The van der Waals surface area contributed by atoms with E-state index >= 15 is 0 Å². The number of fused-ring (bicyclic) bond motifs is 1. The summed E-state index contributed by atoms with van der Waals surface area (Å²) in [4.78, 5) is 0. The van der Waals surface area contributed by atoms with E-state index in [0.717, 1.165) is 10.3 Å². The number of aryl methyl sites for hydroxylation is 1. The molecule has 0 aliphatic carbocycles. The molecule has 1 nitrogen and oxygen atoms in total. The highest BCUT2D eigenvalue weighted by Gasteiger charge is 1.99. The van der Waals surface area contributed by atoms with Gasteiger partial charge in [-0.2, -0.15) is 0 Å². The molecule has 0 spiro atoms. The van der Waals surface area contributed by atoms with Gasteiger partial charge in [0.1, 0.15) is 5.75 Å². The van der Waals surface area contributed by atoms with Gasteiger partial charge in [0.25, 0.3) is 0 Å². The maximum Gasteiger partial charge on any atom is 0.117 e. The largest absolute Gasteiger partial charge is 0.508 e. The lowest BCUT2D eigenvalue weighted by Gasteiger charge is -1.96. The van der Waals surface area contributed by atoms with Gasteiger partial charge >= 0.3 is 0 Å². The van der Waals surface area contributed by atoms with Gasteiger partial charge in [0.05, 0.1) is 0 Å². The van der Waals surface area contributed by atoms with Crippen LogP contribution in [0, 0.1) is 6.92 Å². The van der Waals surface area contributed by atoms with Crippen LogP contribution in [0.2, 0.25) is 0 Å². The van der Waals surface area contributed by atoms with Crippen LogP contribution in [0.15, 0.2) is 23.6 Å². The Hall–Kier alpha value is -1.02. The molecular weight excluding hydrogens is 156 g/mol. The first-order chi connectivity index (χ1) is 5.27. The SMILES string of the molecule is Cc1cc(O)cc2sccc12. The second kappa shape index (κ2) is 2.24. The highest BCUT2D eigenvalue weighted by Crippen LogP contribution is 2.27. The Labute approximate surface area is 68.9 Å². The van der Waals surface area contributed by atoms with E-state index in [9.17, 15) is 5.11 Å². The van der Waals surface area contributed by atoms with E-state index < -0.39 is 0 Å². The van der Waals surface area contributed by atoms with Crippen molar-refractivity contribution in [1.29, 1.82) is 0 Å². The normalized spacial score (nSPS) is 10.6. The van der Waals surface area contributed by atoms with Crippen molar-refractivity contribution in [2.45, 2.75) is 6.92 Å². The monoisotopic (exact) mass is 164 g/mol. The Morgan fingerprint density at radius 3 is 3.00 bits per heavy atom. The Bertz CT molecular complexity index is 389.